The van der Waals surface area contributed by atoms with Gasteiger partial charge in [0.1, 0.15) is 11.6 Å². The summed E-state index contributed by atoms with van der Waals surface area (Å²) in [4.78, 5) is 5.22. The summed E-state index contributed by atoms with van der Waals surface area (Å²) < 4.78 is 56.3. The third-order valence-corrected chi connectivity index (χ3v) is 8.92. The molecule has 1 atom stereocenters. The fourth-order valence-electron chi connectivity index (χ4n) is 5.38. The lowest BCUT2D eigenvalue weighted by molar-refractivity contribution is -0.0498. The van der Waals surface area contributed by atoms with E-state index in [0.717, 1.165) is 53.3 Å². The van der Waals surface area contributed by atoms with E-state index < -0.39 is 22.7 Å². The Bertz CT molecular complexity index is 1850. The van der Waals surface area contributed by atoms with Crippen LogP contribution in [0.25, 0.3) is 22.6 Å². The third-order valence-electron chi connectivity index (χ3n) is 7.66. The van der Waals surface area contributed by atoms with Crippen molar-refractivity contribution in [1.29, 1.82) is 0 Å². The number of ether oxygens (including phenoxy) is 1. The summed E-state index contributed by atoms with van der Waals surface area (Å²) in [6.45, 7) is 0.266. The van der Waals surface area contributed by atoms with Crippen molar-refractivity contribution in [3.63, 3.8) is 0 Å². The van der Waals surface area contributed by atoms with Crippen LogP contribution in [0, 0.1) is 0 Å². The Balaban J connectivity index is 1.60. The minimum Gasteiger partial charge on any atom is -0.435 e. The van der Waals surface area contributed by atoms with Crippen LogP contribution in [0.4, 0.5) is 8.78 Å². The molecule has 0 aliphatic heterocycles. The van der Waals surface area contributed by atoms with Crippen LogP contribution in [0.15, 0.2) is 108 Å². The second-order valence-corrected chi connectivity index (χ2v) is 12.8. The Morgan fingerprint density at radius 1 is 0.935 bits per heavy atom. The van der Waals surface area contributed by atoms with Gasteiger partial charge in [-0.2, -0.15) is 8.78 Å². The molecule has 0 aliphatic rings. The first-order valence-corrected chi connectivity index (χ1v) is 16.9. The number of unbranched alkanes of at least 4 members (excludes halogenated alkanes) is 1. The molecule has 3 N–H and O–H groups in total. The van der Waals surface area contributed by atoms with Gasteiger partial charge in [0.05, 0.1) is 10.6 Å². The number of imidazole rings is 1. The number of sulfonamides is 1. The number of nitrogens with one attached hydrogen (secondary N) is 1. The molecule has 0 bridgehead atoms. The number of nitrogens with zero attached hydrogens (tertiary/aromatic N) is 2. The van der Waals surface area contributed by atoms with E-state index in [4.69, 9.17) is 21.7 Å². The average Bonchev–Trinajstić information content (AvgIpc) is 3.40. The SMILES string of the molecule is CCCCn1c(-c2ccccc2)nc(-c2ccccc2)c1CC(NCc1ccc(S(N)(=O)=O)cc1)c1ccc(OC(F)F)cc1Cl. The molecule has 0 saturated carbocycles. The third kappa shape index (κ3) is 8.19. The van der Waals surface area contributed by atoms with Crippen LogP contribution < -0.4 is 15.2 Å². The van der Waals surface area contributed by atoms with E-state index in [1.165, 1.54) is 24.3 Å². The molecule has 0 aliphatic carbocycles. The summed E-state index contributed by atoms with van der Waals surface area (Å²) in [6, 6.07) is 30.5. The summed E-state index contributed by atoms with van der Waals surface area (Å²) in [6.07, 6.45) is 2.38. The zero-order valence-electron chi connectivity index (χ0n) is 25.2. The summed E-state index contributed by atoms with van der Waals surface area (Å²) in [7, 11) is -3.83. The minimum atomic E-state index is -3.83. The van der Waals surface area contributed by atoms with Crippen LogP contribution in [0.1, 0.15) is 42.6 Å². The van der Waals surface area contributed by atoms with Gasteiger partial charge in [0, 0.05) is 47.4 Å². The molecular weight excluding hydrogens is 630 g/mol. The molecule has 1 unspecified atom stereocenters. The van der Waals surface area contributed by atoms with E-state index in [1.807, 2.05) is 60.7 Å². The minimum absolute atomic E-state index is 0.0197. The van der Waals surface area contributed by atoms with Gasteiger partial charge in [0.2, 0.25) is 10.0 Å². The van der Waals surface area contributed by atoms with Gasteiger partial charge in [0.25, 0.3) is 0 Å². The normalized spacial score (nSPS) is 12.4. The van der Waals surface area contributed by atoms with Crippen LogP contribution in [0.5, 0.6) is 5.75 Å². The molecule has 0 radical (unpaired) electrons. The quantitative estimate of drug-likeness (QED) is 0.125. The van der Waals surface area contributed by atoms with Crippen molar-refractivity contribution in [3.05, 3.63) is 125 Å². The summed E-state index contributed by atoms with van der Waals surface area (Å²) in [5, 5.41) is 9.13. The first-order chi connectivity index (χ1) is 22.1. The van der Waals surface area contributed by atoms with Gasteiger partial charge in [-0.3, -0.25) is 0 Å². The Morgan fingerprint density at radius 2 is 1.59 bits per heavy atom. The Labute approximate surface area is 273 Å². The van der Waals surface area contributed by atoms with Crippen LogP contribution in [0.2, 0.25) is 5.02 Å². The summed E-state index contributed by atoms with van der Waals surface area (Å²) in [5.41, 5.74) is 5.30. The number of hydrogen-bond acceptors (Lipinski definition) is 5. The molecule has 4 aromatic carbocycles. The molecule has 5 rings (SSSR count). The monoisotopic (exact) mass is 664 g/mol. The van der Waals surface area contributed by atoms with Crippen molar-refractivity contribution < 1.29 is 21.9 Å². The van der Waals surface area contributed by atoms with Crippen molar-refractivity contribution in [2.45, 2.75) is 56.8 Å². The van der Waals surface area contributed by atoms with Gasteiger partial charge in [-0.05, 0) is 41.8 Å². The van der Waals surface area contributed by atoms with Crippen molar-refractivity contribution >= 4 is 21.6 Å². The molecular formula is C35H35ClF2N4O3S. The number of halogens is 3. The zero-order valence-corrected chi connectivity index (χ0v) is 26.8. The topological polar surface area (TPSA) is 99.2 Å². The molecule has 46 heavy (non-hydrogen) atoms. The number of hydrogen-bond donors (Lipinski definition) is 2. The molecule has 240 valence electrons. The highest BCUT2D eigenvalue weighted by Gasteiger charge is 2.25. The first-order valence-electron chi connectivity index (χ1n) is 14.9. The number of aromatic nitrogens is 2. The molecule has 11 heteroatoms. The highest BCUT2D eigenvalue weighted by atomic mass is 35.5. The maximum absolute atomic E-state index is 13.0. The molecule has 7 nitrogen and oxygen atoms in total. The molecule has 0 spiro atoms. The zero-order chi connectivity index (χ0) is 32.7. The lowest BCUT2D eigenvalue weighted by Gasteiger charge is -2.23. The van der Waals surface area contributed by atoms with Crippen LogP contribution in [-0.4, -0.2) is 24.6 Å². The van der Waals surface area contributed by atoms with Crippen molar-refractivity contribution in [2.24, 2.45) is 5.14 Å². The lowest BCUT2D eigenvalue weighted by atomic mass is 9.98. The van der Waals surface area contributed by atoms with E-state index in [2.05, 4.69) is 21.5 Å². The highest BCUT2D eigenvalue weighted by molar-refractivity contribution is 7.89. The molecule has 0 fully saturated rings. The maximum Gasteiger partial charge on any atom is 0.387 e. The predicted molar refractivity (Wildman–Crippen MR) is 177 cm³/mol. The van der Waals surface area contributed by atoms with Gasteiger partial charge in [-0.15, -0.1) is 0 Å². The summed E-state index contributed by atoms with van der Waals surface area (Å²) in [5.74, 6) is 0.817. The maximum atomic E-state index is 13.0. The predicted octanol–water partition coefficient (Wildman–Crippen LogP) is 7.99. The number of benzene rings is 4. The van der Waals surface area contributed by atoms with E-state index in [1.54, 1.807) is 18.2 Å². The lowest BCUT2D eigenvalue weighted by Crippen LogP contribution is -2.25. The van der Waals surface area contributed by atoms with Crippen molar-refractivity contribution in [1.82, 2.24) is 14.9 Å². The molecule has 0 amide bonds. The molecule has 0 saturated heterocycles. The number of primary sulfonamides is 1. The molecule has 1 heterocycles. The van der Waals surface area contributed by atoms with Gasteiger partial charge in [-0.25, -0.2) is 18.5 Å². The number of nitrogens with two attached hydrogens (primary N) is 1. The average molecular weight is 665 g/mol. The number of rotatable bonds is 14. The standard InChI is InChI=1S/C35H35ClF2N4O3S/c1-2-3-20-42-32(33(25-10-6-4-7-11-25)41-34(42)26-12-8-5-9-13-26)22-31(29-19-16-27(21-30(29)36)45-35(37)38)40-23-24-14-17-28(18-15-24)46(39,43)44/h4-19,21,31,35,40H,2-3,20,22-23H2,1H3,(H2,39,43,44). The second kappa shape index (κ2) is 15.0. The summed E-state index contributed by atoms with van der Waals surface area (Å²) >= 11 is 6.74. The smallest absolute Gasteiger partial charge is 0.387 e. The largest absolute Gasteiger partial charge is 0.435 e. The van der Waals surface area contributed by atoms with Gasteiger partial charge in [-0.1, -0.05) is 104 Å². The fraction of sp³-hybridized carbons (Fsp3) is 0.229. The van der Waals surface area contributed by atoms with Crippen LogP contribution >= 0.6 is 11.6 Å². The Morgan fingerprint density at radius 3 is 2.17 bits per heavy atom. The second-order valence-electron chi connectivity index (χ2n) is 10.9. The highest BCUT2D eigenvalue weighted by Crippen LogP contribution is 2.36. The van der Waals surface area contributed by atoms with Gasteiger partial charge >= 0.3 is 6.61 Å². The first kappa shape index (κ1) is 33.3. The van der Waals surface area contributed by atoms with E-state index >= 15 is 0 Å². The van der Waals surface area contributed by atoms with E-state index in [9.17, 15) is 17.2 Å². The van der Waals surface area contributed by atoms with Gasteiger partial charge in [0.15, 0.2) is 0 Å². The Hall–Kier alpha value is -4.09. The van der Waals surface area contributed by atoms with E-state index in [0.29, 0.717) is 18.5 Å². The van der Waals surface area contributed by atoms with Crippen molar-refractivity contribution in [2.75, 3.05) is 0 Å². The van der Waals surface area contributed by atoms with Crippen LogP contribution in [0.3, 0.4) is 0 Å². The number of alkyl halides is 2. The molecule has 1 aromatic heterocycles. The molecule has 5 aromatic rings. The van der Waals surface area contributed by atoms with Crippen molar-refractivity contribution in [3.8, 4) is 28.4 Å². The van der Waals surface area contributed by atoms with Crippen LogP contribution in [-0.2, 0) is 29.5 Å². The Kier molecular flexibility index (Phi) is 10.9. The fourth-order valence-corrected chi connectivity index (χ4v) is 6.19. The van der Waals surface area contributed by atoms with Gasteiger partial charge < -0.3 is 14.6 Å². The van der Waals surface area contributed by atoms with E-state index in [-0.39, 0.29) is 15.7 Å².